The summed E-state index contributed by atoms with van der Waals surface area (Å²) >= 11 is 4.50. The summed E-state index contributed by atoms with van der Waals surface area (Å²) in [5.41, 5.74) is 5.29. The molecule has 19 heavy (non-hydrogen) atoms. The zero-order valence-electron chi connectivity index (χ0n) is 9.56. The molecule has 0 aliphatic rings. The molecule has 98 valence electrons. The van der Waals surface area contributed by atoms with Gasteiger partial charge in [-0.25, -0.2) is 9.18 Å². The Labute approximate surface area is 121 Å². The lowest BCUT2D eigenvalue weighted by Crippen LogP contribution is -2.03. The molecule has 6 heteroatoms. The number of carboxylic acids is 1. The number of halogens is 2. The number of carbonyl (C=O) groups is 1. The molecule has 3 nitrogen and oxygen atoms in total. The second-order valence-electron chi connectivity index (χ2n) is 3.71. The number of hydrogen-bond acceptors (Lipinski definition) is 3. The van der Waals surface area contributed by atoms with Crippen molar-refractivity contribution >= 4 is 39.3 Å². The zero-order chi connectivity index (χ0) is 14.0. The first kappa shape index (κ1) is 13.9. The molecule has 0 saturated heterocycles. The van der Waals surface area contributed by atoms with Gasteiger partial charge in [-0.2, -0.15) is 0 Å². The molecule has 0 unspecified atom stereocenters. The Morgan fingerprint density at radius 3 is 2.58 bits per heavy atom. The molecule has 2 aromatic carbocycles. The fourth-order valence-corrected chi connectivity index (χ4v) is 2.89. The van der Waals surface area contributed by atoms with E-state index in [2.05, 4.69) is 15.9 Å². The first-order valence-corrected chi connectivity index (χ1v) is 6.84. The molecule has 0 fully saturated rings. The largest absolute Gasteiger partial charge is 0.478 e. The number of hydrogen-bond donors (Lipinski definition) is 2. The summed E-state index contributed by atoms with van der Waals surface area (Å²) in [7, 11) is 0. The van der Waals surface area contributed by atoms with Gasteiger partial charge in [-0.05, 0) is 40.2 Å². The summed E-state index contributed by atoms with van der Waals surface area (Å²) in [6.07, 6.45) is 0. The van der Waals surface area contributed by atoms with Crippen molar-refractivity contribution in [1.29, 1.82) is 0 Å². The van der Waals surface area contributed by atoms with Crippen molar-refractivity contribution in [2.75, 3.05) is 5.73 Å². The predicted octanol–water partition coefficient (Wildman–Crippen LogP) is 4.02. The van der Waals surface area contributed by atoms with Gasteiger partial charge in [-0.1, -0.05) is 23.9 Å². The van der Waals surface area contributed by atoms with Gasteiger partial charge in [0.05, 0.1) is 5.56 Å². The van der Waals surface area contributed by atoms with Crippen LogP contribution in [0.2, 0.25) is 0 Å². The summed E-state index contributed by atoms with van der Waals surface area (Å²) in [5, 5.41) is 8.98. The number of benzene rings is 2. The normalized spacial score (nSPS) is 10.4. The fraction of sp³-hybridized carbons (Fsp3) is 0. The van der Waals surface area contributed by atoms with Crippen LogP contribution in [0, 0.1) is 5.82 Å². The molecule has 2 aromatic rings. The van der Waals surface area contributed by atoms with E-state index in [9.17, 15) is 9.18 Å². The molecule has 0 atom stereocenters. The summed E-state index contributed by atoms with van der Waals surface area (Å²) in [4.78, 5) is 12.0. The van der Waals surface area contributed by atoms with Crippen LogP contribution in [0.3, 0.4) is 0 Å². The highest BCUT2D eigenvalue weighted by atomic mass is 79.9. The molecule has 0 radical (unpaired) electrons. The van der Waals surface area contributed by atoms with Gasteiger partial charge in [-0.3, -0.25) is 0 Å². The van der Waals surface area contributed by atoms with E-state index in [4.69, 9.17) is 10.8 Å². The molecule has 0 aromatic heterocycles. The molecule has 0 heterocycles. The average molecular weight is 342 g/mol. The number of nitrogens with two attached hydrogens (primary N) is 1. The second-order valence-corrected chi connectivity index (χ2v) is 5.65. The number of aromatic carboxylic acids is 1. The van der Waals surface area contributed by atoms with Crippen molar-refractivity contribution in [3.8, 4) is 0 Å². The van der Waals surface area contributed by atoms with E-state index in [-0.39, 0.29) is 16.1 Å². The van der Waals surface area contributed by atoms with Gasteiger partial charge >= 0.3 is 5.97 Å². The molecular weight excluding hydrogens is 333 g/mol. The summed E-state index contributed by atoms with van der Waals surface area (Å²) in [6.45, 7) is 0. The minimum atomic E-state index is -1.17. The summed E-state index contributed by atoms with van der Waals surface area (Å²) in [5.74, 6) is -1.71. The number of anilines is 1. The Morgan fingerprint density at radius 2 is 1.95 bits per heavy atom. The lowest BCUT2D eigenvalue weighted by atomic mass is 10.2. The van der Waals surface area contributed by atoms with Crippen molar-refractivity contribution < 1.29 is 14.3 Å². The van der Waals surface area contributed by atoms with Crippen LogP contribution in [-0.4, -0.2) is 11.1 Å². The smallest absolute Gasteiger partial charge is 0.337 e. The van der Waals surface area contributed by atoms with E-state index < -0.39 is 11.8 Å². The molecule has 2 rings (SSSR count). The van der Waals surface area contributed by atoms with E-state index in [0.717, 1.165) is 27.2 Å². The maximum Gasteiger partial charge on any atom is 0.337 e. The number of carboxylic acid groups (broad SMARTS) is 1. The standard InChI is InChI=1S/C13H9BrFNO2S/c14-8-3-1-2-4-11(8)19-12-5-7(13(17)18)10(16)6-9(12)15/h1-6H,16H2,(H,17,18). The SMILES string of the molecule is Nc1cc(F)c(Sc2ccccc2Br)cc1C(=O)O. The Kier molecular flexibility index (Phi) is 4.11. The highest BCUT2D eigenvalue weighted by molar-refractivity contribution is 9.10. The maximum absolute atomic E-state index is 13.8. The van der Waals surface area contributed by atoms with E-state index in [1.807, 2.05) is 24.3 Å². The highest BCUT2D eigenvalue weighted by Gasteiger charge is 2.14. The van der Waals surface area contributed by atoms with Crippen molar-refractivity contribution in [3.05, 3.63) is 52.3 Å². The first-order chi connectivity index (χ1) is 8.99. The number of nitrogen functional groups attached to an aromatic ring is 1. The molecule has 0 aliphatic carbocycles. The van der Waals surface area contributed by atoms with Crippen molar-refractivity contribution in [1.82, 2.24) is 0 Å². The van der Waals surface area contributed by atoms with Gasteiger partial charge in [0.15, 0.2) is 0 Å². The molecule has 0 saturated carbocycles. The Hall–Kier alpha value is -1.53. The van der Waals surface area contributed by atoms with Gasteiger partial charge in [-0.15, -0.1) is 0 Å². The third-order valence-electron chi connectivity index (χ3n) is 2.39. The lowest BCUT2D eigenvalue weighted by molar-refractivity contribution is 0.0697. The van der Waals surface area contributed by atoms with Crippen molar-refractivity contribution in [2.45, 2.75) is 9.79 Å². The van der Waals surface area contributed by atoms with Crippen LogP contribution in [-0.2, 0) is 0 Å². The fourth-order valence-electron chi connectivity index (χ4n) is 1.48. The lowest BCUT2D eigenvalue weighted by Gasteiger charge is -2.08. The van der Waals surface area contributed by atoms with Gasteiger partial charge in [0.25, 0.3) is 0 Å². The van der Waals surface area contributed by atoms with Gasteiger partial charge in [0, 0.05) is 20.0 Å². The van der Waals surface area contributed by atoms with E-state index in [1.165, 1.54) is 6.07 Å². The molecular formula is C13H9BrFNO2S. The van der Waals surface area contributed by atoms with Crippen molar-refractivity contribution in [3.63, 3.8) is 0 Å². The van der Waals surface area contributed by atoms with Crippen LogP contribution in [0.5, 0.6) is 0 Å². The minimum Gasteiger partial charge on any atom is -0.478 e. The quantitative estimate of drug-likeness (QED) is 0.827. The van der Waals surface area contributed by atoms with Crippen LogP contribution >= 0.6 is 27.7 Å². The first-order valence-electron chi connectivity index (χ1n) is 5.23. The van der Waals surface area contributed by atoms with Crippen LogP contribution in [0.4, 0.5) is 10.1 Å². The molecule has 0 aliphatic heterocycles. The van der Waals surface area contributed by atoms with Crippen molar-refractivity contribution in [2.24, 2.45) is 0 Å². The van der Waals surface area contributed by atoms with E-state index in [0.29, 0.717) is 0 Å². The molecule has 0 amide bonds. The zero-order valence-corrected chi connectivity index (χ0v) is 12.0. The Bertz CT molecular complexity index is 649. The van der Waals surface area contributed by atoms with Gasteiger partial charge in [0.1, 0.15) is 5.82 Å². The van der Waals surface area contributed by atoms with Crippen LogP contribution < -0.4 is 5.73 Å². The monoisotopic (exact) mass is 341 g/mol. The maximum atomic E-state index is 13.8. The predicted molar refractivity (Wildman–Crippen MR) is 76.0 cm³/mol. The average Bonchev–Trinajstić information content (AvgIpc) is 2.34. The minimum absolute atomic E-state index is 0.0820. The van der Waals surface area contributed by atoms with Gasteiger partial charge in [0.2, 0.25) is 0 Å². The molecule has 0 bridgehead atoms. The molecule has 3 N–H and O–H groups in total. The highest BCUT2D eigenvalue weighted by Crippen LogP contribution is 2.36. The van der Waals surface area contributed by atoms with Gasteiger partial charge < -0.3 is 10.8 Å². The molecule has 0 spiro atoms. The number of rotatable bonds is 3. The summed E-state index contributed by atoms with van der Waals surface area (Å²) in [6, 6.07) is 9.58. The summed E-state index contributed by atoms with van der Waals surface area (Å²) < 4.78 is 14.6. The van der Waals surface area contributed by atoms with Crippen LogP contribution in [0.25, 0.3) is 0 Å². The van der Waals surface area contributed by atoms with Crippen LogP contribution in [0.15, 0.2) is 50.7 Å². The van der Waals surface area contributed by atoms with E-state index in [1.54, 1.807) is 0 Å². The third kappa shape index (κ3) is 3.08. The van der Waals surface area contributed by atoms with Crippen LogP contribution in [0.1, 0.15) is 10.4 Å². The van der Waals surface area contributed by atoms with E-state index >= 15 is 0 Å². The second kappa shape index (κ2) is 5.63. The Balaban J connectivity index is 2.43. The third-order valence-corrected chi connectivity index (χ3v) is 4.45. The topological polar surface area (TPSA) is 63.3 Å². The Morgan fingerprint density at radius 1 is 1.26 bits per heavy atom.